The Morgan fingerprint density at radius 2 is 2.11 bits per heavy atom. The number of nitrogens with one attached hydrogen (secondary N) is 1. The summed E-state index contributed by atoms with van der Waals surface area (Å²) in [6.45, 7) is 0.522. The molecule has 19 heavy (non-hydrogen) atoms. The third-order valence-corrected chi connectivity index (χ3v) is 3.46. The number of carbonyl (C=O) groups is 1. The lowest BCUT2D eigenvalue weighted by molar-refractivity contribution is -0.139. The summed E-state index contributed by atoms with van der Waals surface area (Å²) in [5, 5.41) is 12.1. The van der Waals surface area contributed by atoms with E-state index in [1.54, 1.807) is 6.07 Å². The molecule has 2 N–H and O–H groups in total. The molecule has 0 saturated heterocycles. The Morgan fingerprint density at radius 1 is 1.32 bits per heavy atom. The second kappa shape index (κ2) is 7.14. The predicted octanol–water partition coefficient (Wildman–Crippen LogP) is 2.57. The Labute approximate surface area is 113 Å². The molecule has 1 aromatic rings. The van der Waals surface area contributed by atoms with Crippen molar-refractivity contribution in [3.05, 3.63) is 29.8 Å². The highest BCUT2D eigenvalue weighted by atomic mass is 16.5. The monoisotopic (exact) mass is 263 g/mol. The van der Waals surface area contributed by atoms with E-state index in [1.807, 2.05) is 18.2 Å². The van der Waals surface area contributed by atoms with Crippen molar-refractivity contribution in [2.24, 2.45) is 0 Å². The first-order valence-electron chi connectivity index (χ1n) is 6.91. The van der Waals surface area contributed by atoms with E-state index in [1.165, 1.54) is 32.1 Å². The van der Waals surface area contributed by atoms with Crippen LogP contribution in [-0.2, 0) is 11.3 Å². The molecule has 0 atom stereocenters. The van der Waals surface area contributed by atoms with Crippen molar-refractivity contribution in [3.63, 3.8) is 0 Å². The number of hydrogen-bond donors (Lipinski definition) is 2. The molecule has 0 amide bonds. The SMILES string of the molecule is O=C(O)COc1cccc(CNC2CCCCC2)c1. The van der Waals surface area contributed by atoms with Gasteiger partial charge in [0, 0.05) is 12.6 Å². The van der Waals surface area contributed by atoms with E-state index >= 15 is 0 Å². The quantitative estimate of drug-likeness (QED) is 0.828. The van der Waals surface area contributed by atoms with Crippen LogP contribution in [0, 0.1) is 0 Å². The molecule has 1 aliphatic rings. The van der Waals surface area contributed by atoms with Crippen LogP contribution in [0.2, 0.25) is 0 Å². The van der Waals surface area contributed by atoms with Crippen LogP contribution in [0.15, 0.2) is 24.3 Å². The Morgan fingerprint density at radius 3 is 2.84 bits per heavy atom. The average Bonchev–Trinajstić information content (AvgIpc) is 2.44. The van der Waals surface area contributed by atoms with Gasteiger partial charge in [-0.1, -0.05) is 31.4 Å². The van der Waals surface area contributed by atoms with Crippen molar-refractivity contribution in [3.8, 4) is 5.75 Å². The molecular weight excluding hydrogens is 242 g/mol. The largest absolute Gasteiger partial charge is 0.482 e. The lowest BCUT2D eigenvalue weighted by Crippen LogP contribution is -2.30. The van der Waals surface area contributed by atoms with E-state index in [4.69, 9.17) is 9.84 Å². The second-order valence-electron chi connectivity index (χ2n) is 5.05. The summed E-state index contributed by atoms with van der Waals surface area (Å²) >= 11 is 0. The van der Waals surface area contributed by atoms with Gasteiger partial charge in [-0.2, -0.15) is 0 Å². The van der Waals surface area contributed by atoms with Crippen LogP contribution in [-0.4, -0.2) is 23.7 Å². The maximum atomic E-state index is 10.5. The lowest BCUT2D eigenvalue weighted by atomic mass is 9.95. The molecule has 1 saturated carbocycles. The third kappa shape index (κ3) is 4.91. The van der Waals surface area contributed by atoms with Crippen molar-refractivity contribution in [1.82, 2.24) is 5.32 Å². The van der Waals surface area contributed by atoms with Gasteiger partial charge in [0.15, 0.2) is 6.61 Å². The van der Waals surface area contributed by atoms with Crippen molar-refractivity contribution >= 4 is 5.97 Å². The molecule has 104 valence electrons. The normalized spacial score (nSPS) is 16.2. The van der Waals surface area contributed by atoms with E-state index < -0.39 is 5.97 Å². The number of ether oxygens (including phenoxy) is 1. The highest BCUT2D eigenvalue weighted by Gasteiger charge is 2.12. The summed E-state index contributed by atoms with van der Waals surface area (Å²) in [5.74, 6) is -0.337. The molecule has 0 radical (unpaired) electrons. The van der Waals surface area contributed by atoms with Gasteiger partial charge in [-0.05, 0) is 30.5 Å². The zero-order valence-corrected chi connectivity index (χ0v) is 11.1. The maximum Gasteiger partial charge on any atom is 0.341 e. The molecule has 1 aliphatic carbocycles. The molecule has 1 aromatic carbocycles. The topological polar surface area (TPSA) is 58.6 Å². The molecule has 0 spiro atoms. The van der Waals surface area contributed by atoms with Gasteiger partial charge in [0.25, 0.3) is 0 Å². The van der Waals surface area contributed by atoms with Crippen molar-refractivity contribution < 1.29 is 14.6 Å². The van der Waals surface area contributed by atoms with Crippen LogP contribution in [0.4, 0.5) is 0 Å². The van der Waals surface area contributed by atoms with Crippen LogP contribution in [0.1, 0.15) is 37.7 Å². The highest BCUT2D eigenvalue weighted by molar-refractivity contribution is 5.68. The number of rotatable bonds is 6. The molecule has 0 heterocycles. The fraction of sp³-hybridized carbons (Fsp3) is 0.533. The van der Waals surface area contributed by atoms with Gasteiger partial charge in [0.2, 0.25) is 0 Å². The second-order valence-corrected chi connectivity index (χ2v) is 5.05. The molecule has 2 rings (SSSR count). The van der Waals surface area contributed by atoms with Gasteiger partial charge in [-0.25, -0.2) is 4.79 Å². The number of carboxylic acid groups (broad SMARTS) is 1. The van der Waals surface area contributed by atoms with Crippen LogP contribution < -0.4 is 10.1 Å². The van der Waals surface area contributed by atoms with Crippen molar-refractivity contribution in [1.29, 1.82) is 0 Å². The summed E-state index contributed by atoms with van der Waals surface area (Å²) in [6, 6.07) is 8.24. The van der Waals surface area contributed by atoms with E-state index in [0.717, 1.165) is 12.1 Å². The first-order chi connectivity index (χ1) is 9.24. The number of carboxylic acids is 1. The van der Waals surface area contributed by atoms with Gasteiger partial charge < -0.3 is 15.2 Å². The summed E-state index contributed by atoms with van der Waals surface area (Å²) < 4.78 is 5.17. The minimum atomic E-state index is -0.953. The zero-order valence-electron chi connectivity index (χ0n) is 11.1. The molecule has 4 heteroatoms. The molecule has 1 fully saturated rings. The van der Waals surface area contributed by atoms with Crippen molar-refractivity contribution in [2.75, 3.05) is 6.61 Å². The summed E-state index contributed by atoms with van der Waals surface area (Å²) in [5.41, 5.74) is 1.13. The van der Waals surface area contributed by atoms with Crippen LogP contribution in [0.5, 0.6) is 5.75 Å². The Balaban J connectivity index is 1.82. The minimum absolute atomic E-state index is 0.292. The Kier molecular flexibility index (Phi) is 5.21. The van der Waals surface area contributed by atoms with Crippen LogP contribution in [0.25, 0.3) is 0 Å². The fourth-order valence-electron chi connectivity index (χ4n) is 2.46. The van der Waals surface area contributed by atoms with E-state index in [-0.39, 0.29) is 6.61 Å². The van der Waals surface area contributed by atoms with Gasteiger partial charge in [-0.15, -0.1) is 0 Å². The molecule has 4 nitrogen and oxygen atoms in total. The van der Waals surface area contributed by atoms with Gasteiger partial charge >= 0.3 is 5.97 Å². The van der Waals surface area contributed by atoms with Gasteiger partial charge in [-0.3, -0.25) is 0 Å². The fourth-order valence-corrected chi connectivity index (χ4v) is 2.46. The highest BCUT2D eigenvalue weighted by Crippen LogP contribution is 2.18. The summed E-state index contributed by atoms with van der Waals surface area (Å²) in [4.78, 5) is 10.5. The van der Waals surface area contributed by atoms with Crippen LogP contribution in [0.3, 0.4) is 0 Å². The standard InChI is InChI=1S/C15H21NO3/c17-15(18)11-19-14-8-4-5-12(9-14)10-16-13-6-2-1-3-7-13/h4-5,8-9,13,16H,1-3,6-7,10-11H2,(H,17,18). The average molecular weight is 263 g/mol. The molecule has 0 aliphatic heterocycles. The minimum Gasteiger partial charge on any atom is -0.482 e. The van der Waals surface area contributed by atoms with Crippen molar-refractivity contribution in [2.45, 2.75) is 44.7 Å². The smallest absolute Gasteiger partial charge is 0.341 e. The maximum absolute atomic E-state index is 10.5. The van der Waals surface area contributed by atoms with Gasteiger partial charge in [0.05, 0.1) is 0 Å². The Bertz CT molecular complexity index is 414. The van der Waals surface area contributed by atoms with Gasteiger partial charge in [0.1, 0.15) is 5.75 Å². The summed E-state index contributed by atoms with van der Waals surface area (Å²) in [7, 11) is 0. The number of benzene rings is 1. The van der Waals surface area contributed by atoms with E-state index in [2.05, 4.69) is 5.32 Å². The Hall–Kier alpha value is -1.55. The number of hydrogen-bond acceptors (Lipinski definition) is 3. The third-order valence-electron chi connectivity index (χ3n) is 3.46. The first kappa shape index (κ1) is 13.9. The molecule has 0 aromatic heterocycles. The van der Waals surface area contributed by atoms with E-state index in [9.17, 15) is 4.79 Å². The molecule has 0 unspecified atom stereocenters. The molecular formula is C15H21NO3. The zero-order chi connectivity index (χ0) is 13.5. The first-order valence-corrected chi connectivity index (χ1v) is 6.91. The summed E-state index contributed by atoms with van der Waals surface area (Å²) in [6.07, 6.45) is 6.51. The van der Waals surface area contributed by atoms with E-state index in [0.29, 0.717) is 11.8 Å². The van der Waals surface area contributed by atoms with Crippen LogP contribution >= 0.6 is 0 Å². The lowest BCUT2D eigenvalue weighted by Gasteiger charge is -2.22. The number of aliphatic carboxylic acids is 1. The predicted molar refractivity (Wildman–Crippen MR) is 73.3 cm³/mol. The molecule has 0 bridgehead atoms.